The third kappa shape index (κ3) is 4.16. The van der Waals surface area contributed by atoms with Crippen LogP contribution >= 0.6 is 11.3 Å². The lowest BCUT2D eigenvalue weighted by molar-refractivity contribution is 0.103. The molecule has 0 unspecified atom stereocenters. The van der Waals surface area contributed by atoms with E-state index in [1.54, 1.807) is 7.11 Å². The Balaban J connectivity index is 1.76. The van der Waals surface area contributed by atoms with Crippen molar-refractivity contribution in [2.45, 2.75) is 13.8 Å². The van der Waals surface area contributed by atoms with Gasteiger partial charge in [-0.3, -0.25) is 4.79 Å². The van der Waals surface area contributed by atoms with Crippen molar-refractivity contribution in [1.29, 1.82) is 0 Å². The molecule has 0 aliphatic rings. The van der Waals surface area contributed by atoms with Crippen LogP contribution in [-0.2, 0) is 0 Å². The molecule has 3 aromatic rings. The average molecular weight is 353 g/mol. The van der Waals surface area contributed by atoms with E-state index in [4.69, 9.17) is 4.74 Å². The quantitative estimate of drug-likeness (QED) is 0.694. The van der Waals surface area contributed by atoms with Crippen molar-refractivity contribution in [1.82, 2.24) is 4.98 Å². The van der Waals surface area contributed by atoms with E-state index in [1.165, 1.54) is 11.3 Å². The van der Waals surface area contributed by atoms with Crippen LogP contribution in [0.2, 0.25) is 0 Å². The van der Waals surface area contributed by atoms with Crippen molar-refractivity contribution >= 4 is 33.8 Å². The molecule has 0 saturated carbocycles. The van der Waals surface area contributed by atoms with E-state index in [9.17, 15) is 4.79 Å². The first-order valence-corrected chi connectivity index (χ1v) is 8.63. The molecule has 128 valence electrons. The molecule has 0 saturated heterocycles. The van der Waals surface area contributed by atoms with Gasteiger partial charge in [-0.15, -0.1) is 0 Å². The van der Waals surface area contributed by atoms with E-state index < -0.39 is 0 Å². The fourth-order valence-corrected chi connectivity index (χ4v) is 3.28. The summed E-state index contributed by atoms with van der Waals surface area (Å²) in [4.78, 5) is 17.6. The van der Waals surface area contributed by atoms with Crippen molar-refractivity contribution in [3.8, 4) is 5.75 Å². The number of amides is 1. The van der Waals surface area contributed by atoms with E-state index in [1.807, 2.05) is 62.4 Å². The second-order valence-electron chi connectivity index (χ2n) is 5.61. The minimum absolute atomic E-state index is 0.153. The summed E-state index contributed by atoms with van der Waals surface area (Å²) < 4.78 is 5.21. The molecule has 6 heteroatoms. The van der Waals surface area contributed by atoms with Crippen LogP contribution in [0.5, 0.6) is 5.75 Å². The highest BCUT2D eigenvalue weighted by molar-refractivity contribution is 7.17. The Kier molecular flexibility index (Phi) is 5.00. The van der Waals surface area contributed by atoms with Crippen LogP contribution in [0.15, 0.2) is 48.5 Å². The Morgan fingerprint density at radius 1 is 1.08 bits per heavy atom. The highest BCUT2D eigenvalue weighted by Gasteiger charge is 2.16. The highest BCUT2D eigenvalue weighted by Crippen LogP contribution is 2.28. The molecule has 0 spiro atoms. The van der Waals surface area contributed by atoms with Gasteiger partial charge in [-0.25, -0.2) is 4.98 Å². The molecule has 0 atom stereocenters. The Bertz CT molecular complexity index is 905. The highest BCUT2D eigenvalue weighted by atomic mass is 32.1. The number of hydrogen-bond donors (Lipinski definition) is 2. The van der Waals surface area contributed by atoms with E-state index in [0.717, 1.165) is 22.7 Å². The molecule has 1 amide bonds. The normalized spacial score (nSPS) is 10.4. The number of ether oxygens (including phenoxy) is 1. The van der Waals surface area contributed by atoms with Crippen LogP contribution < -0.4 is 15.4 Å². The summed E-state index contributed by atoms with van der Waals surface area (Å²) >= 11 is 1.32. The van der Waals surface area contributed by atoms with Gasteiger partial charge in [0.2, 0.25) is 0 Å². The van der Waals surface area contributed by atoms with Crippen LogP contribution in [0.25, 0.3) is 0 Å². The van der Waals surface area contributed by atoms with Gasteiger partial charge in [-0.05, 0) is 43.7 Å². The minimum atomic E-state index is -0.153. The summed E-state index contributed by atoms with van der Waals surface area (Å²) in [6, 6.07) is 15.3. The first kappa shape index (κ1) is 17.0. The third-order valence-electron chi connectivity index (χ3n) is 3.60. The molecule has 0 radical (unpaired) electrons. The molecule has 0 aliphatic carbocycles. The summed E-state index contributed by atoms with van der Waals surface area (Å²) in [7, 11) is 1.63. The predicted molar refractivity (Wildman–Crippen MR) is 102 cm³/mol. The molecular weight excluding hydrogens is 334 g/mol. The van der Waals surface area contributed by atoms with Crippen LogP contribution in [-0.4, -0.2) is 18.0 Å². The van der Waals surface area contributed by atoms with Crippen molar-refractivity contribution in [3.05, 3.63) is 64.7 Å². The van der Waals surface area contributed by atoms with Gasteiger partial charge in [0.15, 0.2) is 5.13 Å². The fraction of sp³-hybridized carbons (Fsp3) is 0.158. The standard InChI is InChI=1S/C19H19N3O2S/c1-12-6-4-7-14(10-12)21-18(23)17-13(2)20-19(25-17)22-15-8-5-9-16(11-15)24-3/h4-11H,1-3H3,(H,20,22)(H,21,23). The Morgan fingerprint density at radius 2 is 1.84 bits per heavy atom. The van der Waals surface area contributed by atoms with Gasteiger partial charge in [-0.2, -0.15) is 0 Å². The van der Waals surface area contributed by atoms with Crippen LogP contribution in [0.1, 0.15) is 20.9 Å². The van der Waals surface area contributed by atoms with Gasteiger partial charge in [0, 0.05) is 17.4 Å². The van der Waals surface area contributed by atoms with E-state index in [2.05, 4.69) is 15.6 Å². The number of thiazole rings is 1. The number of nitrogens with one attached hydrogen (secondary N) is 2. The monoisotopic (exact) mass is 353 g/mol. The summed E-state index contributed by atoms with van der Waals surface area (Å²) in [6.07, 6.45) is 0. The van der Waals surface area contributed by atoms with Crippen molar-refractivity contribution in [2.24, 2.45) is 0 Å². The summed E-state index contributed by atoms with van der Waals surface area (Å²) in [5.74, 6) is 0.606. The number of carbonyl (C=O) groups excluding carboxylic acids is 1. The van der Waals surface area contributed by atoms with E-state index in [-0.39, 0.29) is 5.91 Å². The molecule has 5 nitrogen and oxygen atoms in total. The lowest BCUT2D eigenvalue weighted by Gasteiger charge is -2.05. The zero-order chi connectivity index (χ0) is 17.8. The maximum atomic E-state index is 12.5. The Morgan fingerprint density at radius 3 is 2.60 bits per heavy atom. The molecule has 0 fully saturated rings. The van der Waals surface area contributed by atoms with Gasteiger partial charge in [0.1, 0.15) is 10.6 Å². The third-order valence-corrected chi connectivity index (χ3v) is 4.67. The summed E-state index contributed by atoms with van der Waals surface area (Å²) in [5, 5.41) is 6.80. The molecule has 2 N–H and O–H groups in total. The molecular formula is C19H19N3O2S. The van der Waals surface area contributed by atoms with Crippen LogP contribution in [0.4, 0.5) is 16.5 Å². The Labute approximate surface area is 150 Å². The maximum absolute atomic E-state index is 12.5. The first-order chi connectivity index (χ1) is 12.0. The average Bonchev–Trinajstić information content (AvgIpc) is 2.95. The zero-order valence-electron chi connectivity index (χ0n) is 14.3. The van der Waals surface area contributed by atoms with Gasteiger partial charge in [0.25, 0.3) is 5.91 Å². The smallest absolute Gasteiger partial charge is 0.267 e. The molecule has 25 heavy (non-hydrogen) atoms. The van der Waals surface area contributed by atoms with E-state index in [0.29, 0.717) is 15.7 Å². The number of hydrogen-bond acceptors (Lipinski definition) is 5. The van der Waals surface area contributed by atoms with Gasteiger partial charge in [-0.1, -0.05) is 29.5 Å². The lowest BCUT2D eigenvalue weighted by Crippen LogP contribution is -2.11. The first-order valence-electron chi connectivity index (χ1n) is 7.81. The molecule has 1 aromatic heterocycles. The number of carbonyl (C=O) groups is 1. The maximum Gasteiger partial charge on any atom is 0.267 e. The van der Waals surface area contributed by atoms with Crippen molar-refractivity contribution in [2.75, 3.05) is 17.7 Å². The second kappa shape index (κ2) is 7.36. The second-order valence-corrected chi connectivity index (χ2v) is 6.61. The number of methoxy groups -OCH3 is 1. The lowest BCUT2D eigenvalue weighted by atomic mass is 10.2. The van der Waals surface area contributed by atoms with Crippen molar-refractivity contribution < 1.29 is 9.53 Å². The van der Waals surface area contributed by atoms with Gasteiger partial charge >= 0.3 is 0 Å². The minimum Gasteiger partial charge on any atom is -0.497 e. The van der Waals surface area contributed by atoms with Gasteiger partial charge in [0.05, 0.1) is 12.8 Å². The Hall–Kier alpha value is -2.86. The van der Waals surface area contributed by atoms with E-state index >= 15 is 0 Å². The zero-order valence-corrected chi connectivity index (χ0v) is 15.1. The van der Waals surface area contributed by atoms with Crippen molar-refractivity contribution in [3.63, 3.8) is 0 Å². The SMILES string of the molecule is COc1cccc(Nc2nc(C)c(C(=O)Nc3cccc(C)c3)s2)c1. The number of nitrogens with zero attached hydrogens (tertiary/aromatic N) is 1. The van der Waals surface area contributed by atoms with Crippen LogP contribution in [0, 0.1) is 13.8 Å². The number of benzene rings is 2. The summed E-state index contributed by atoms with van der Waals surface area (Å²) in [6.45, 7) is 3.82. The van der Waals surface area contributed by atoms with Gasteiger partial charge < -0.3 is 15.4 Å². The largest absolute Gasteiger partial charge is 0.497 e. The molecule has 3 rings (SSSR count). The topological polar surface area (TPSA) is 63.2 Å². The number of rotatable bonds is 5. The number of aryl methyl sites for hydroxylation is 2. The summed E-state index contributed by atoms with van der Waals surface area (Å²) in [5.41, 5.74) is 3.43. The molecule has 1 heterocycles. The number of anilines is 3. The fourth-order valence-electron chi connectivity index (χ4n) is 2.40. The molecule has 0 aliphatic heterocycles. The molecule has 0 bridgehead atoms. The number of aromatic nitrogens is 1. The predicted octanol–water partition coefficient (Wildman–Crippen LogP) is 4.76. The molecule has 2 aromatic carbocycles. The van der Waals surface area contributed by atoms with Crippen LogP contribution in [0.3, 0.4) is 0 Å².